The number of nitrogens with zero attached hydrogens (tertiary/aromatic N) is 3. The highest BCUT2D eigenvalue weighted by Crippen LogP contribution is 2.46. The fourth-order valence-corrected chi connectivity index (χ4v) is 8.92. The molecule has 10 aromatic carbocycles. The van der Waals surface area contributed by atoms with Crippen LogP contribution in [0.1, 0.15) is 5.56 Å². The van der Waals surface area contributed by atoms with Crippen LogP contribution in [0.5, 0.6) is 0 Å². The molecule has 60 heavy (non-hydrogen) atoms. The van der Waals surface area contributed by atoms with Crippen LogP contribution in [0.25, 0.3) is 110 Å². The van der Waals surface area contributed by atoms with E-state index in [0.717, 1.165) is 50.0 Å². The van der Waals surface area contributed by atoms with Crippen molar-refractivity contribution in [2.24, 2.45) is 0 Å². The van der Waals surface area contributed by atoms with E-state index in [4.69, 9.17) is 9.97 Å². The molecule has 278 valence electrons. The molecule has 3 nitrogen and oxygen atoms in total. The Morgan fingerprint density at radius 2 is 0.850 bits per heavy atom. The van der Waals surface area contributed by atoms with E-state index in [9.17, 15) is 5.26 Å². The second-order valence-electron chi connectivity index (χ2n) is 15.2. The number of hydrogen-bond donors (Lipinski definition) is 0. The Hall–Kier alpha value is -8.19. The van der Waals surface area contributed by atoms with Crippen LogP contribution < -0.4 is 0 Å². The molecule has 0 aliphatic carbocycles. The van der Waals surface area contributed by atoms with Crippen molar-refractivity contribution in [3.63, 3.8) is 0 Å². The summed E-state index contributed by atoms with van der Waals surface area (Å²) < 4.78 is 0. The topological polar surface area (TPSA) is 49.6 Å². The molecule has 0 N–H and O–H groups in total. The lowest BCUT2D eigenvalue weighted by atomic mass is 9.83. The fourth-order valence-electron chi connectivity index (χ4n) is 8.92. The molecular weight excluding hydrogens is 727 g/mol. The molecule has 0 atom stereocenters. The predicted octanol–water partition coefficient (Wildman–Crippen LogP) is 15.0. The van der Waals surface area contributed by atoms with E-state index in [1.165, 1.54) is 54.6 Å². The number of aromatic nitrogens is 2. The average Bonchev–Trinajstić information content (AvgIpc) is 3.33. The molecule has 0 unspecified atom stereocenters. The first kappa shape index (κ1) is 35.0. The molecule has 0 saturated carbocycles. The molecule has 0 aliphatic rings. The van der Waals surface area contributed by atoms with Crippen molar-refractivity contribution in [2.45, 2.75) is 0 Å². The lowest BCUT2D eigenvalue weighted by Crippen LogP contribution is -1.97. The molecule has 0 radical (unpaired) electrons. The SMILES string of the molecule is N#Cc1ccc(-c2cc(-c3ccc(-c4ccc(-c5c6ccccc6c(-c6ccccc6)c6c5ccc5ccccc56)cc4)c4ccccc34)nc(-c3ccccc3)n2)cc1. The summed E-state index contributed by atoms with van der Waals surface area (Å²) >= 11 is 0. The van der Waals surface area contributed by atoms with Gasteiger partial charge >= 0.3 is 0 Å². The van der Waals surface area contributed by atoms with Crippen LogP contribution in [0, 0.1) is 11.3 Å². The predicted molar refractivity (Wildman–Crippen MR) is 249 cm³/mol. The fraction of sp³-hybridized carbons (Fsp3) is 0. The highest BCUT2D eigenvalue weighted by atomic mass is 14.9. The van der Waals surface area contributed by atoms with E-state index in [0.29, 0.717) is 11.4 Å². The van der Waals surface area contributed by atoms with Crippen LogP contribution in [0.3, 0.4) is 0 Å². The first-order valence-electron chi connectivity index (χ1n) is 20.2. The quantitative estimate of drug-likeness (QED) is 0.125. The lowest BCUT2D eigenvalue weighted by molar-refractivity contribution is 1.18. The molecule has 0 bridgehead atoms. The highest BCUT2D eigenvalue weighted by molar-refractivity contribution is 6.28. The lowest BCUT2D eigenvalue weighted by Gasteiger charge is -2.19. The van der Waals surface area contributed by atoms with Gasteiger partial charge in [0, 0.05) is 16.7 Å². The first-order chi connectivity index (χ1) is 29.7. The van der Waals surface area contributed by atoms with E-state index >= 15 is 0 Å². The van der Waals surface area contributed by atoms with Gasteiger partial charge in [-0.3, -0.25) is 0 Å². The third-order valence-electron chi connectivity index (χ3n) is 11.7. The van der Waals surface area contributed by atoms with Gasteiger partial charge in [-0.25, -0.2) is 9.97 Å². The maximum absolute atomic E-state index is 9.43. The average molecular weight is 762 g/mol. The summed E-state index contributed by atoms with van der Waals surface area (Å²) in [4.78, 5) is 10.2. The highest BCUT2D eigenvalue weighted by Gasteiger charge is 2.20. The van der Waals surface area contributed by atoms with Crippen molar-refractivity contribution in [3.05, 3.63) is 218 Å². The Kier molecular flexibility index (Phi) is 8.54. The standard InChI is InChI=1S/C57H35N3/c58-36-37-23-25-40(26-24-37)52-35-53(60-57(59-52)43-16-5-2-6-17-43)48-34-33-44(46-19-9-10-20-47(46)48)39-27-29-42(30-28-39)54-49-21-11-12-22-50(49)55(41-14-3-1-4-15-41)56-45-18-8-7-13-38(45)31-32-51(54)56/h1-35H. The number of nitriles is 1. The molecule has 0 aliphatic heterocycles. The van der Waals surface area contributed by atoms with Crippen molar-refractivity contribution in [1.29, 1.82) is 5.26 Å². The van der Waals surface area contributed by atoms with Crippen LogP contribution in [0.15, 0.2) is 212 Å². The molecule has 1 aromatic heterocycles. The molecule has 11 aromatic rings. The number of hydrogen-bond acceptors (Lipinski definition) is 3. The smallest absolute Gasteiger partial charge is 0.160 e. The third-order valence-corrected chi connectivity index (χ3v) is 11.7. The maximum atomic E-state index is 9.43. The Labute approximate surface area is 348 Å². The number of fused-ring (bicyclic) bond motifs is 5. The molecule has 0 fully saturated rings. The van der Waals surface area contributed by atoms with E-state index in [1.54, 1.807) is 0 Å². The monoisotopic (exact) mass is 761 g/mol. The second-order valence-corrected chi connectivity index (χ2v) is 15.2. The molecule has 3 heteroatoms. The molecule has 11 rings (SSSR count). The number of rotatable bonds is 6. The van der Waals surface area contributed by atoms with Crippen molar-refractivity contribution in [1.82, 2.24) is 9.97 Å². The van der Waals surface area contributed by atoms with Crippen molar-refractivity contribution >= 4 is 43.1 Å². The zero-order chi connectivity index (χ0) is 40.0. The van der Waals surface area contributed by atoms with Crippen LogP contribution in [-0.2, 0) is 0 Å². The van der Waals surface area contributed by atoms with Crippen molar-refractivity contribution < 1.29 is 0 Å². The van der Waals surface area contributed by atoms with E-state index in [1.807, 2.05) is 54.6 Å². The zero-order valence-corrected chi connectivity index (χ0v) is 32.5. The Bertz CT molecular complexity index is 3460. The largest absolute Gasteiger partial charge is 0.228 e. The molecule has 0 amide bonds. The Morgan fingerprint density at radius 1 is 0.333 bits per heavy atom. The van der Waals surface area contributed by atoms with Gasteiger partial charge in [0.2, 0.25) is 0 Å². The minimum atomic E-state index is 0.613. The van der Waals surface area contributed by atoms with Gasteiger partial charge < -0.3 is 0 Å². The zero-order valence-electron chi connectivity index (χ0n) is 32.5. The molecule has 0 spiro atoms. The third kappa shape index (κ3) is 5.99. The minimum Gasteiger partial charge on any atom is -0.228 e. The Balaban J connectivity index is 1.06. The van der Waals surface area contributed by atoms with Crippen LogP contribution in [-0.4, -0.2) is 9.97 Å². The molecular formula is C57H35N3. The van der Waals surface area contributed by atoms with Crippen molar-refractivity contribution in [3.8, 4) is 73.4 Å². The molecule has 0 saturated heterocycles. The van der Waals surface area contributed by atoms with Crippen LogP contribution >= 0.6 is 0 Å². The number of benzene rings is 10. The summed E-state index contributed by atoms with van der Waals surface area (Å²) in [6.45, 7) is 0. The van der Waals surface area contributed by atoms with Gasteiger partial charge in [-0.2, -0.15) is 5.26 Å². The van der Waals surface area contributed by atoms with Gasteiger partial charge in [-0.1, -0.05) is 194 Å². The second kappa shape index (κ2) is 14.6. The summed E-state index contributed by atoms with van der Waals surface area (Å²) in [5, 5.41) is 19.2. The Morgan fingerprint density at radius 3 is 1.55 bits per heavy atom. The maximum Gasteiger partial charge on any atom is 0.160 e. The normalized spacial score (nSPS) is 11.3. The van der Waals surface area contributed by atoms with E-state index in [-0.39, 0.29) is 0 Å². The first-order valence-corrected chi connectivity index (χ1v) is 20.2. The molecule has 1 heterocycles. The van der Waals surface area contributed by atoms with Gasteiger partial charge in [-0.15, -0.1) is 0 Å². The van der Waals surface area contributed by atoms with Crippen LogP contribution in [0.2, 0.25) is 0 Å². The minimum absolute atomic E-state index is 0.613. The summed E-state index contributed by atoms with van der Waals surface area (Å²) in [7, 11) is 0. The van der Waals surface area contributed by atoms with E-state index in [2.05, 4.69) is 164 Å². The summed E-state index contributed by atoms with van der Waals surface area (Å²) in [5.41, 5.74) is 12.4. The van der Waals surface area contributed by atoms with Crippen molar-refractivity contribution in [2.75, 3.05) is 0 Å². The van der Waals surface area contributed by atoms with Crippen LogP contribution in [0.4, 0.5) is 0 Å². The van der Waals surface area contributed by atoms with Gasteiger partial charge in [0.1, 0.15) is 0 Å². The van der Waals surface area contributed by atoms with Gasteiger partial charge in [0.05, 0.1) is 23.0 Å². The summed E-state index contributed by atoms with van der Waals surface area (Å²) in [6, 6.07) is 77.1. The van der Waals surface area contributed by atoms with Gasteiger partial charge in [0.25, 0.3) is 0 Å². The van der Waals surface area contributed by atoms with Gasteiger partial charge in [0.15, 0.2) is 5.82 Å². The summed E-state index contributed by atoms with van der Waals surface area (Å²) in [5.74, 6) is 0.654. The van der Waals surface area contributed by atoms with E-state index < -0.39 is 0 Å². The van der Waals surface area contributed by atoms with Gasteiger partial charge in [-0.05, 0) is 94.7 Å². The summed E-state index contributed by atoms with van der Waals surface area (Å²) in [6.07, 6.45) is 0.